The smallest absolute Gasteiger partial charge is 0.405 e. The lowest BCUT2D eigenvalue weighted by Gasteiger charge is -2.22. The van der Waals surface area contributed by atoms with E-state index in [2.05, 4.69) is 16.0 Å². The molecule has 0 aromatic heterocycles. The minimum absolute atomic E-state index is 0.141. The zero-order valence-corrected chi connectivity index (χ0v) is 20.9. The van der Waals surface area contributed by atoms with Gasteiger partial charge in [0.1, 0.15) is 18.0 Å². The Morgan fingerprint density at radius 1 is 1.11 bits per heavy atom. The van der Waals surface area contributed by atoms with Crippen LogP contribution in [0.25, 0.3) is 0 Å². The van der Waals surface area contributed by atoms with Gasteiger partial charge in [-0.25, -0.2) is 9.18 Å². The number of carbonyl (C=O) groups is 3. The van der Waals surface area contributed by atoms with Crippen molar-refractivity contribution in [3.63, 3.8) is 0 Å². The van der Waals surface area contributed by atoms with Crippen LogP contribution >= 0.6 is 7.60 Å². The summed E-state index contributed by atoms with van der Waals surface area (Å²) in [5.74, 6) is -1.57. The average Bonchev–Trinajstić information content (AvgIpc) is 2.77. The number of aliphatic hydroxyl groups excluding tert-OH is 1. The Labute approximate surface area is 204 Å². The summed E-state index contributed by atoms with van der Waals surface area (Å²) in [5.41, 5.74) is 0.570. The van der Waals surface area contributed by atoms with Crippen molar-refractivity contribution in [3.05, 3.63) is 35.6 Å². The first kappa shape index (κ1) is 30.5. The number of aliphatic hydroxyl groups is 1. The van der Waals surface area contributed by atoms with Crippen molar-refractivity contribution < 1.29 is 42.6 Å². The van der Waals surface area contributed by atoms with Gasteiger partial charge in [0.2, 0.25) is 11.8 Å². The maximum Gasteiger partial charge on any atom is 0.405 e. The molecule has 11 nitrogen and oxygen atoms in total. The van der Waals surface area contributed by atoms with Gasteiger partial charge in [-0.3, -0.25) is 14.2 Å². The summed E-state index contributed by atoms with van der Waals surface area (Å²) in [5, 5.41) is 26.0. The third-order valence-corrected chi connectivity index (χ3v) is 6.76. The largest absolute Gasteiger partial charge is 0.465 e. The standard InChI is InChI=1S/C22H35FN3O8P/c1-3-33-35(32,34-4-2)15-20(28)24-11-6-5-10-19(26-22(30)31)21(29)25-18(14-27)13-16-8-7-9-17(23)12-16/h7-9,12,18-19,26-27H,3-6,10-11,13-15H2,1-2H3,(H,24,28)(H,25,29)(H,30,31)/t18-,19?/m0/s1. The Hall–Kier alpha value is -2.53. The number of nitrogens with one attached hydrogen (secondary N) is 3. The minimum atomic E-state index is -3.50. The number of benzene rings is 1. The number of unbranched alkanes of at least 4 members (excludes halogenated alkanes) is 1. The molecule has 0 aliphatic heterocycles. The Kier molecular flexibility index (Phi) is 14.1. The molecule has 0 radical (unpaired) electrons. The number of amides is 3. The molecule has 1 aromatic carbocycles. The van der Waals surface area contributed by atoms with Gasteiger partial charge in [-0.15, -0.1) is 0 Å². The predicted molar refractivity (Wildman–Crippen MR) is 127 cm³/mol. The van der Waals surface area contributed by atoms with E-state index in [-0.39, 0.29) is 32.6 Å². The van der Waals surface area contributed by atoms with Crippen LogP contribution in [0.1, 0.15) is 38.7 Å². The Bertz CT molecular complexity index is 863. The van der Waals surface area contributed by atoms with E-state index >= 15 is 0 Å². The highest BCUT2D eigenvalue weighted by molar-refractivity contribution is 7.54. The highest BCUT2D eigenvalue weighted by atomic mass is 31.2. The van der Waals surface area contributed by atoms with Gasteiger partial charge in [-0.1, -0.05) is 12.1 Å². The molecular formula is C22H35FN3O8P. The van der Waals surface area contributed by atoms with Crippen LogP contribution in [-0.2, 0) is 29.6 Å². The first-order chi connectivity index (χ1) is 16.6. The van der Waals surface area contributed by atoms with Gasteiger partial charge < -0.3 is 35.2 Å². The molecule has 198 valence electrons. The molecule has 0 aliphatic carbocycles. The molecule has 1 rings (SSSR count). The van der Waals surface area contributed by atoms with Crippen LogP contribution in [-0.4, -0.2) is 72.7 Å². The third-order valence-electron chi connectivity index (χ3n) is 4.78. The summed E-state index contributed by atoms with van der Waals surface area (Å²) < 4.78 is 35.9. The molecule has 5 N–H and O–H groups in total. The molecule has 0 fully saturated rings. The number of hydrogen-bond donors (Lipinski definition) is 5. The molecular weight excluding hydrogens is 484 g/mol. The average molecular weight is 520 g/mol. The summed E-state index contributed by atoms with van der Waals surface area (Å²) in [7, 11) is -3.50. The fourth-order valence-corrected chi connectivity index (χ4v) is 4.79. The van der Waals surface area contributed by atoms with Crippen LogP contribution in [0.2, 0.25) is 0 Å². The van der Waals surface area contributed by atoms with Crippen LogP contribution in [0.15, 0.2) is 24.3 Å². The molecule has 1 unspecified atom stereocenters. The third kappa shape index (κ3) is 12.7. The van der Waals surface area contributed by atoms with E-state index in [4.69, 9.17) is 14.2 Å². The summed E-state index contributed by atoms with van der Waals surface area (Å²) in [6.45, 7) is 3.38. The van der Waals surface area contributed by atoms with Gasteiger partial charge in [0, 0.05) is 6.54 Å². The fraction of sp³-hybridized carbons (Fsp3) is 0.591. The zero-order valence-electron chi connectivity index (χ0n) is 20.0. The van der Waals surface area contributed by atoms with Crippen molar-refractivity contribution in [2.45, 2.75) is 51.6 Å². The van der Waals surface area contributed by atoms with Crippen molar-refractivity contribution in [1.29, 1.82) is 0 Å². The monoisotopic (exact) mass is 519 g/mol. The van der Waals surface area contributed by atoms with Gasteiger partial charge in [-0.05, 0) is 57.2 Å². The Morgan fingerprint density at radius 2 is 1.80 bits per heavy atom. The van der Waals surface area contributed by atoms with Crippen LogP contribution in [0.4, 0.5) is 9.18 Å². The van der Waals surface area contributed by atoms with Crippen molar-refractivity contribution in [2.24, 2.45) is 0 Å². The van der Waals surface area contributed by atoms with E-state index in [9.17, 15) is 28.4 Å². The minimum Gasteiger partial charge on any atom is -0.465 e. The normalized spacial score (nSPS) is 13.0. The molecule has 0 aliphatic rings. The van der Waals surface area contributed by atoms with E-state index in [1.165, 1.54) is 18.2 Å². The summed E-state index contributed by atoms with van der Waals surface area (Å²) >= 11 is 0. The SMILES string of the molecule is CCOP(=O)(CC(=O)NCCCCC(NC(=O)O)C(=O)N[C@H](CO)Cc1cccc(F)c1)OCC. The van der Waals surface area contributed by atoms with Crippen LogP contribution in [0, 0.1) is 5.82 Å². The lowest BCUT2D eigenvalue weighted by atomic mass is 10.0. The topological polar surface area (TPSA) is 163 Å². The molecule has 35 heavy (non-hydrogen) atoms. The number of rotatable bonds is 17. The van der Waals surface area contributed by atoms with Gasteiger partial charge >= 0.3 is 13.7 Å². The Balaban J connectivity index is 2.53. The molecule has 0 saturated heterocycles. The van der Waals surface area contributed by atoms with Crippen molar-refractivity contribution >= 4 is 25.5 Å². The van der Waals surface area contributed by atoms with Gasteiger partial charge in [0.15, 0.2) is 0 Å². The Morgan fingerprint density at radius 3 is 2.37 bits per heavy atom. The van der Waals surface area contributed by atoms with Crippen molar-refractivity contribution in [2.75, 3.05) is 32.5 Å². The quantitative estimate of drug-likeness (QED) is 0.154. The van der Waals surface area contributed by atoms with E-state index in [0.717, 1.165) is 0 Å². The van der Waals surface area contributed by atoms with Gasteiger partial charge in [-0.2, -0.15) is 0 Å². The first-order valence-electron chi connectivity index (χ1n) is 11.4. The molecule has 1 aromatic rings. The van der Waals surface area contributed by atoms with E-state index in [1.54, 1.807) is 19.9 Å². The molecule has 13 heteroatoms. The van der Waals surface area contributed by atoms with E-state index < -0.39 is 56.2 Å². The van der Waals surface area contributed by atoms with E-state index in [0.29, 0.717) is 18.4 Å². The number of halogens is 1. The van der Waals surface area contributed by atoms with Crippen LogP contribution in [0.5, 0.6) is 0 Å². The van der Waals surface area contributed by atoms with Crippen LogP contribution in [0.3, 0.4) is 0 Å². The molecule has 0 spiro atoms. The second-order valence-electron chi connectivity index (χ2n) is 7.67. The maximum absolute atomic E-state index is 13.4. The highest BCUT2D eigenvalue weighted by Gasteiger charge is 2.27. The first-order valence-corrected chi connectivity index (χ1v) is 13.1. The molecule has 2 atom stereocenters. The summed E-state index contributed by atoms with van der Waals surface area (Å²) in [6, 6.07) is 3.93. The van der Waals surface area contributed by atoms with Crippen molar-refractivity contribution in [3.8, 4) is 0 Å². The number of carboxylic acid groups (broad SMARTS) is 1. The fourth-order valence-electron chi connectivity index (χ4n) is 3.28. The van der Waals surface area contributed by atoms with Gasteiger partial charge in [0.05, 0.1) is 25.9 Å². The zero-order chi connectivity index (χ0) is 26.3. The van der Waals surface area contributed by atoms with Crippen molar-refractivity contribution in [1.82, 2.24) is 16.0 Å². The molecule has 0 saturated carbocycles. The van der Waals surface area contributed by atoms with Crippen LogP contribution < -0.4 is 16.0 Å². The predicted octanol–water partition coefficient (Wildman–Crippen LogP) is 2.03. The highest BCUT2D eigenvalue weighted by Crippen LogP contribution is 2.47. The molecule has 0 heterocycles. The molecule has 0 bridgehead atoms. The number of hydrogen-bond acceptors (Lipinski definition) is 7. The molecule has 3 amide bonds. The lowest BCUT2D eigenvalue weighted by Crippen LogP contribution is -2.50. The number of carbonyl (C=O) groups excluding carboxylic acids is 2. The lowest BCUT2D eigenvalue weighted by molar-refractivity contribution is -0.124. The van der Waals surface area contributed by atoms with Gasteiger partial charge in [0.25, 0.3) is 0 Å². The summed E-state index contributed by atoms with van der Waals surface area (Å²) in [4.78, 5) is 35.8. The second-order valence-corrected chi connectivity index (χ2v) is 9.73. The summed E-state index contributed by atoms with van der Waals surface area (Å²) in [6.07, 6.45) is -0.667. The maximum atomic E-state index is 13.4. The second kappa shape index (κ2) is 16.2. The van der Waals surface area contributed by atoms with E-state index in [1.807, 2.05) is 0 Å².